The largest absolute Gasteiger partial charge is 0.452 e. The number of carbonyl (C=O) groups excluding carboxylic acids is 2. The summed E-state index contributed by atoms with van der Waals surface area (Å²) in [6.07, 6.45) is 0.896. The number of halogens is 1. The number of esters is 1. The molecule has 3 rings (SSSR count). The van der Waals surface area contributed by atoms with Crippen molar-refractivity contribution in [1.29, 1.82) is 0 Å². The maximum Gasteiger partial charge on any atom is 0.338 e. The van der Waals surface area contributed by atoms with Crippen molar-refractivity contribution < 1.29 is 14.3 Å². The zero-order chi connectivity index (χ0) is 19.2. The zero-order valence-electron chi connectivity index (χ0n) is 14.6. The van der Waals surface area contributed by atoms with Crippen molar-refractivity contribution >= 4 is 44.3 Å². The summed E-state index contributed by atoms with van der Waals surface area (Å²) in [5.41, 5.74) is 3.27. The predicted octanol–water partition coefficient (Wildman–Crippen LogP) is 4.93. The number of anilines is 1. The van der Waals surface area contributed by atoms with E-state index < -0.39 is 11.9 Å². The number of amides is 1. The Morgan fingerprint density at radius 3 is 2.67 bits per heavy atom. The van der Waals surface area contributed by atoms with Gasteiger partial charge in [-0.2, -0.15) is 0 Å². The normalized spacial score (nSPS) is 10.4. The number of aryl methyl sites for hydroxylation is 1. The third-order valence-electron chi connectivity index (χ3n) is 3.80. The molecule has 27 heavy (non-hydrogen) atoms. The Kier molecular flexibility index (Phi) is 6.36. The minimum atomic E-state index is -0.526. The number of benzene rings is 2. The minimum absolute atomic E-state index is 0.361. The van der Waals surface area contributed by atoms with Crippen LogP contribution in [0.15, 0.2) is 58.4 Å². The molecule has 0 spiro atoms. The van der Waals surface area contributed by atoms with Crippen LogP contribution in [0.5, 0.6) is 0 Å². The number of thiazole rings is 1. The van der Waals surface area contributed by atoms with Gasteiger partial charge in [-0.05, 0) is 36.2 Å². The number of hydrogen-bond donors (Lipinski definition) is 1. The van der Waals surface area contributed by atoms with Gasteiger partial charge in [0.15, 0.2) is 11.7 Å². The van der Waals surface area contributed by atoms with Crippen LogP contribution in [0, 0.1) is 0 Å². The third kappa shape index (κ3) is 5.24. The molecule has 0 aliphatic heterocycles. The molecule has 0 atom stereocenters. The Morgan fingerprint density at radius 2 is 1.96 bits per heavy atom. The molecular weight excluding hydrogens is 428 g/mol. The van der Waals surface area contributed by atoms with Gasteiger partial charge in [0.2, 0.25) is 0 Å². The molecule has 2 aromatic carbocycles. The van der Waals surface area contributed by atoms with Crippen LogP contribution < -0.4 is 5.32 Å². The summed E-state index contributed by atoms with van der Waals surface area (Å²) >= 11 is 4.74. The SMILES string of the molecule is CCc1ccc(C(=O)OCC(=O)Nc2nc(-c3cccc(Br)c3)cs2)cc1. The zero-order valence-corrected chi connectivity index (χ0v) is 17.0. The van der Waals surface area contributed by atoms with Crippen LogP contribution in [0.4, 0.5) is 5.13 Å². The van der Waals surface area contributed by atoms with Crippen molar-refractivity contribution in [3.63, 3.8) is 0 Å². The second-order valence-electron chi connectivity index (χ2n) is 5.72. The molecule has 0 bridgehead atoms. The number of hydrogen-bond acceptors (Lipinski definition) is 5. The van der Waals surface area contributed by atoms with Crippen molar-refractivity contribution in [3.05, 3.63) is 69.5 Å². The number of nitrogens with one attached hydrogen (secondary N) is 1. The smallest absolute Gasteiger partial charge is 0.338 e. The van der Waals surface area contributed by atoms with Crippen LogP contribution in [0.3, 0.4) is 0 Å². The summed E-state index contributed by atoms with van der Waals surface area (Å²) in [5, 5.41) is 4.97. The average Bonchev–Trinajstić information content (AvgIpc) is 3.14. The first kappa shape index (κ1) is 19.3. The highest BCUT2D eigenvalue weighted by Gasteiger charge is 2.12. The summed E-state index contributed by atoms with van der Waals surface area (Å²) in [6, 6.07) is 14.9. The molecular formula is C20H17BrN2O3S. The number of carbonyl (C=O) groups is 2. The van der Waals surface area contributed by atoms with Gasteiger partial charge in [0, 0.05) is 15.4 Å². The summed E-state index contributed by atoms with van der Waals surface area (Å²) in [4.78, 5) is 28.4. The first-order valence-electron chi connectivity index (χ1n) is 8.32. The standard InChI is InChI=1S/C20H17BrN2O3S/c1-2-13-6-8-14(9-7-13)19(25)26-11-18(24)23-20-22-17(12-27-20)15-4-3-5-16(21)10-15/h3-10,12H,2,11H2,1H3,(H,22,23,24). The predicted molar refractivity (Wildman–Crippen MR) is 110 cm³/mol. The Bertz CT molecular complexity index is 954. The molecule has 0 saturated carbocycles. The van der Waals surface area contributed by atoms with E-state index in [-0.39, 0.29) is 6.61 Å². The van der Waals surface area contributed by atoms with Gasteiger partial charge in [-0.25, -0.2) is 9.78 Å². The summed E-state index contributed by atoms with van der Waals surface area (Å²) < 4.78 is 6.02. The van der Waals surface area contributed by atoms with E-state index in [1.54, 1.807) is 12.1 Å². The molecule has 5 nitrogen and oxygen atoms in total. The van der Waals surface area contributed by atoms with Crippen LogP contribution in [-0.2, 0) is 16.0 Å². The van der Waals surface area contributed by atoms with Crippen LogP contribution in [0.25, 0.3) is 11.3 Å². The highest BCUT2D eigenvalue weighted by Crippen LogP contribution is 2.26. The maximum atomic E-state index is 12.0. The van der Waals surface area contributed by atoms with E-state index in [4.69, 9.17) is 4.74 Å². The fraction of sp³-hybridized carbons (Fsp3) is 0.150. The van der Waals surface area contributed by atoms with Crippen molar-refractivity contribution in [2.24, 2.45) is 0 Å². The number of aromatic nitrogens is 1. The van der Waals surface area contributed by atoms with Crippen LogP contribution in [0.1, 0.15) is 22.8 Å². The molecule has 1 aromatic heterocycles. The highest BCUT2D eigenvalue weighted by molar-refractivity contribution is 9.10. The lowest BCUT2D eigenvalue weighted by Gasteiger charge is -2.05. The average molecular weight is 445 g/mol. The maximum absolute atomic E-state index is 12.0. The van der Waals surface area contributed by atoms with E-state index in [9.17, 15) is 9.59 Å². The third-order valence-corrected chi connectivity index (χ3v) is 5.05. The van der Waals surface area contributed by atoms with E-state index >= 15 is 0 Å². The Labute approximate surface area is 169 Å². The molecule has 0 fully saturated rings. The van der Waals surface area contributed by atoms with Crippen molar-refractivity contribution in [1.82, 2.24) is 4.98 Å². The lowest BCUT2D eigenvalue weighted by molar-refractivity contribution is -0.119. The molecule has 0 aliphatic rings. The lowest BCUT2D eigenvalue weighted by Crippen LogP contribution is -2.20. The van der Waals surface area contributed by atoms with Gasteiger partial charge in [0.25, 0.3) is 5.91 Å². The Balaban J connectivity index is 1.54. The molecule has 0 aliphatic carbocycles. The van der Waals surface area contributed by atoms with Crippen molar-refractivity contribution in [2.45, 2.75) is 13.3 Å². The van der Waals surface area contributed by atoms with Crippen molar-refractivity contribution in [3.8, 4) is 11.3 Å². The number of rotatable bonds is 6. The van der Waals surface area contributed by atoms with Gasteiger partial charge in [-0.15, -0.1) is 11.3 Å². The van der Waals surface area contributed by atoms with E-state index in [1.807, 2.05) is 48.7 Å². The van der Waals surface area contributed by atoms with Gasteiger partial charge < -0.3 is 4.74 Å². The lowest BCUT2D eigenvalue weighted by atomic mass is 10.1. The molecule has 0 saturated heterocycles. The molecule has 0 unspecified atom stereocenters. The van der Waals surface area contributed by atoms with Crippen LogP contribution in [0.2, 0.25) is 0 Å². The molecule has 0 radical (unpaired) electrons. The topological polar surface area (TPSA) is 68.3 Å². The fourth-order valence-corrected chi connectivity index (χ4v) is 3.49. The first-order chi connectivity index (χ1) is 13.0. The number of ether oxygens (including phenoxy) is 1. The van der Waals surface area contributed by atoms with Crippen LogP contribution >= 0.6 is 27.3 Å². The molecule has 138 valence electrons. The van der Waals surface area contributed by atoms with Gasteiger partial charge in [-0.3, -0.25) is 10.1 Å². The second-order valence-corrected chi connectivity index (χ2v) is 7.50. The Hall–Kier alpha value is -2.51. The van der Waals surface area contributed by atoms with Gasteiger partial charge >= 0.3 is 5.97 Å². The quantitative estimate of drug-likeness (QED) is 0.547. The first-order valence-corrected chi connectivity index (χ1v) is 10.00. The highest BCUT2D eigenvalue weighted by atomic mass is 79.9. The second kappa shape index (κ2) is 8.92. The van der Waals surface area contributed by atoms with Gasteiger partial charge in [-0.1, -0.05) is 47.1 Å². The van der Waals surface area contributed by atoms with Gasteiger partial charge in [0.1, 0.15) is 0 Å². The molecule has 3 aromatic rings. The molecule has 1 amide bonds. The molecule has 7 heteroatoms. The van der Waals surface area contributed by atoms with E-state index in [1.165, 1.54) is 11.3 Å². The minimum Gasteiger partial charge on any atom is -0.452 e. The fourth-order valence-electron chi connectivity index (χ4n) is 2.36. The molecule has 1 heterocycles. The van der Waals surface area contributed by atoms with Crippen molar-refractivity contribution in [2.75, 3.05) is 11.9 Å². The molecule has 1 N–H and O–H groups in total. The van der Waals surface area contributed by atoms with Crippen LogP contribution in [-0.4, -0.2) is 23.5 Å². The number of nitrogens with zero attached hydrogens (tertiary/aromatic N) is 1. The summed E-state index contributed by atoms with van der Waals surface area (Å²) in [5.74, 6) is -0.953. The monoisotopic (exact) mass is 444 g/mol. The summed E-state index contributed by atoms with van der Waals surface area (Å²) in [7, 11) is 0. The Morgan fingerprint density at radius 1 is 1.19 bits per heavy atom. The van der Waals surface area contributed by atoms with E-state index in [0.29, 0.717) is 10.7 Å². The summed E-state index contributed by atoms with van der Waals surface area (Å²) in [6.45, 7) is 1.68. The van der Waals surface area contributed by atoms with E-state index in [2.05, 4.69) is 26.2 Å². The van der Waals surface area contributed by atoms with Gasteiger partial charge in [0.05, 0.1) is 11.3 Å². The van der Waals surface area contributed by atoms with E-state index in [0.717, 1.165) is 27.7 Å².